The molecule has 2 aromatic heterocycles. The molecule has 8 heteroatoms. The Bertz CT molecular complexity index is 956. The summed E-state index contributed by atoms with van der Waals surface area (Å²) in [6, 6.07) is 10.9. The molecule has 7 nitrogen and oxygen atoms in total. The predicted molar refractivity (Wildman–Crippen MR) is 82.9 cm³/mol. The largest absolute Gasteiger partial charge is 0.461 e. The van der Waals surface area contributed by atoms with E-state index in [-0.39, 0.29) is 17.1 Å². The lowest BCUT2D eigenvalue weighted by Gasteiger charge is -2.07. The Balaban J connectivity index is 1.73. The van der Waals surface area contributed by atoms with E-state index in [0.717, 1.165) is 6.26 Å². The normalized spacial score (nSPS) is 11.4. The minimum absolute atomic E-state index is 0.0187. The van der Waals surface area contributed by atoms with Gasteiger partial charge in [-0.15, -0.1) is 0 Å². The van der Waals surface area contributed by atoms with Gasteiger partial charge in [0.1, 0.15) is 12.3 Å². The summed E-state index contributed by atoms with van der Waals surface area (Å²) in [4.78, 5) is 12.1. The molecule has 0 saturated heterocycles. The Morgan fingerprint density at radius 3 is 2.67 bits per heavy atom. The molecule has 0 spiro atoms. The second-order valence-corrected chi connectivity index (χ2v) is 6.99. The monoisotopic (exact) mass is 347 g/mol. The summed E-state index contributed by atoms with van der Waals surface area (Å²) in [6.07, 6.45) is 2.53. The van der Waals surface area contributed by atoms with Gasteiger partial charge in [0.15, 0.2) is 15.6 Å². The zero-order valence-corrected chi connectivity index (χ0v) is 13.4. The first-order valence-electron chi connectivity index (χ1n) is 6.91. The van der Waals surface area contributed by atoms with Crippen molar-refractivity contribution in [2.24, 2.45) is 0 Å². The topological polar surface area (TPSA) is 99.6 Å². The molecule has 0 saturated carbocycles. The number of esters is 1. The van der Waals surface area contributed by atoms with Crippen LogP contribution in [0, 0.1) is 0 Å². The number of sulfone groups is 1. The van der Waals surface area contributed by atoms with Crippen LogP contribution in [-0.4, -0.2) is 25.8 Å². The molecule has 0 aliphatic heterocycles. The smallest absolute Gasteiger partial charge is 0.339 e. The highest BCUT2D eigenvalue weighted by molar-refractivity contribution is 7.90. The molecule has 24 heavy (non-hydrogen) atoms. The average Bonchev–Trinajstić information content (AvgIpc) is 3.23. The maximum absolute atomic E-state index is 12.2. The Morgan fingerprint density at radius 1 is 1.17 bits per heavy atom. The standard InChI is InChI=1S/C16H13NO6S/c1-24(19,20)15-7-3-2-5-12(15)16(18)22-10-11-9-14(23-17-11)13-6-4-8-21-13/h2-9H,10H2,1H3. The highest BCUT2D eigenvalue weighted by Gasteiger charge is 2.20. The second kappa shape index (κ2) is 6.32. The fraction of sp³-hybridized carbons (Fsp3) is 0.125. The van der Waals surface area contributed by atoms with Crippen LogP contribution >= 0.6 is 0 Å². The van der Waals surface area contributed by atoms with E-state index in [2.05, 4.69) is 5.16 Å². The molecule has 1 aromatic carbocycles. The molecule has 0 bridgehead atoms. The predicted octanol–water partition coefficient (Wildman–Crippen LogP) is 2.70. The highest BCUT2D eigenvalue weighted by Crippen LogP contribution is 2.21. The summed E-state index contributed by atoms with van der Waals surface area (Å²) in [6.45, 7) is -0.152. The van der Waals surface area contributed by atoms with Crippen molar-refractivity contribution in [3.05, 3.63) is 60.0 Å². The Labute approximate surface area is 137 Å². The van der Waals surface area contributed by atoms with Crippen molar-refractivity contribution in [3.63, 3.8) is 0 Å². The van der Waals surface area contributed by atoms with Crippen molar-refractivity contribution in [1.82, 2.24) is 5.16 Å². The van der Waals surface area contributed by atoms with E-state index in [4.69, 9.17) is 13.7 Å². The number of hydrogen-bond acceptors (Lipinski definition) is 7. The first kappa shape index (κ1) is 16.0. The molecule has 0 aliphatic carbocycles. The van der Waals surface area contributed by atoms with Gasteiger partial charge < -0.3 is 13.7 Å². The number of furan rings is 1. The van der Waals surface area contributed by atoms with E-state index >= 15 is 0 Å². The van der Waals surface area contributed by atoms with Gasteiger partial charge in [0.25, 0.3) is 0 Å². The molecule has 0 radical (unpaired) electrons. The van der Waals surface area contributed by atoms with Gasteiger partial charge in [0.2, 0.25) is 5.76 Å². The minimum atomic E-state index is -3.53. The Kier molecular flexibility index (Phi) is 4.22. The molecule has 124 valence electrons. The van der Waals surface area contributed by atoms with Crippen molar-refractivity contribution < 1.29 is 26.9 Å². The minimum Gasteiger partial charge on any atom is -0.461 e. The van der Waals surface area contributed by atoms with Crippen LogP contribution in [-0.2, 0) is 21.2 Å². The number of aromatic nitrogens is 1. The number of benzene rings is 1. The molecule has 3 rings (SSSR count). The summed E-state index contributed by atoms with van der Waals surface area (Å²) in [5.74, 6) is 0.156. The Morgan fingerprint density at radius 2 is 1.96 bits per heavy atom. The number of ether oxygens (including phenoxy) is 1. The molecular formula is C16H13NO6S. The zero-order valence-electron chi connectivity index (χ0n) is 12.6. The van der Waals surface area contributed by atoms with Crippen molar-refractivity contribution in [3.8, 4) is 11.5 Å². The third-order valence-corrected chi connectivity index (χ3v) is 4.34. The van der Waals surface area contributed by atoms with Crippen molar-refractivity contribution >= 4 is 15.8 Å². The van der Waals surface area contributed by atoms with Crippen LogP contribution in [0.4, 0.5) is 0 Å². The Hall–Kier alpha value is -2.87. The third kappa shape index (κ3) is 3.38. The molecule has 2 heterocycles. The van der Waals surface area contributed by atoms with Gasteiger partial charge in [-0.1, -0.05) is 17.3 Å². The van der Waals surface area contributed by atoms with Gasteiger partial charge in [-0.25, -0.2) is 13.2 Å². The van der Waals surface area contributed by atoms with E-state index in [1.807, 2.05) is 0 Å². The number of nitrogens with zero attached hydrogens (tertiary/aromatic N) is 1. The van der Waals surface area contributed by atoms with Crippen LogP contribution in [0.3, 0.4) is 0 Å². The van der Waals surface area contributed by atoms with Crippen molar-refractivity contribution in [2.75, 3.05) is 6.26 Å². The molecule has 0 amide bonds. The van der Waals surface area contributed by atoms with Crippen LogP contribution < -0.4 is 0 Å². The molecule has 0 N–H and O–H groups in total. The number of rotatable bonds is 5. The second-order valence-electron chi connectivity index (χ2n) is 5.00. The average molecular weight is 347 g/mol. The molecule has 0 aliphatic rings. The van der Waals surface area contributed by atoms with Crippen LogP contribution in [0.1, 0.15) is 16.1 Å². The summed E-state index contributed by atoms with van der Waals surface area (Å²) < 4.78 is 38.8. The summed E-state index contributed by atoms with van der Waals surface area (Å²) in [5, 5.41) is 3.78. The quantitative estimate of drug-likeness (QED) is 0.654. The lowest BCUT2D eigenvalue weighted by Crippen LogP contribution is -2.11. The number of carbonyl (C=O) groups is 1. The van der Waals surface area contributed by atoms with E-state index in [0.29, 0.717) is 17.2 Å². The maximum Gasteiger partial charge on any atom is 0.339 e. The maximum atomic E-state index is 12.2. The van der Waals surface area contributed by atoms with E-state index < -0.39 is 15.8 Å². The number of carbonyl (C=O) groups excluding carboxylic acids is 1. The lowest BCUT2D eigenvalue weighted by molar-refractivity contribution is 0.0459. The van der Waals surface area contributed by atoms with Gasteiger partial charge in [-0.05, 0) is 24.3 Å². The first-order chi connectivity index (χ1) is 11.4. The first-order valence-corrected chi connectivity index (χ1v) is 8.80. The van der Waals surface area contributed by atoms with Gasteiger partial charge in [-0.2, -0.15) is 0 Å². The van der Waals surface area contributed by atoms with Gasteiger partial charge in [0, 0.05) is 12.3 Å². The SMILES string of the molecule is CS(=O)(=O)c1ccccc1C(=O)OCc1cc(-c2ccco2)on1. The third-order valence-electron chi connectivity index (χ3n) is 3.18. The van der Waals surface area contributed by atoms with E-state index in [1.54, 1.807) is 30.3 Å². The molecule has 3 aromatic rings. The van der Waals surface area contributed by atoms with Gasteiger partial charge in [0.05, 0.1) is 16.7 Å². The van der Waals surface area contributed by atoms with Crippen molar-refractivity contribution in [1.29, 1.82) is 0 Å². The van der Waals surface area contributed by atoms with Crippen LogP contribution in [0.25, 0.3) is 11.5 Å². The highest BCUT2D eigenvalue weighted by atomic mass is 32.2. The summed E-state index contributed by atoms with van der Waals surface area (Å²) >= 11 is 0. The lowest BCUT2D eigenvalue weighted by atomic mass is 10.2. The molecule has 0 fully saturated rings. The molecular weight excluding hydrogens is 334 g/mol. The van der Waals surface area contributed by atoms with E-state index in [1.165, 1.54) is 18.4 Å². The summed E-state index contributed by atoms with van der Waals surface area (Å²) in [7, 11) is -3.53. The number of hydrogen-bond donors (Lipinski definition) is 0. The van der Waals surface area contributed by atoms with Crippen LogP contribution in [0.5, 0.6) is 0 Å². The van der Waals surface area contributed by atoms with Gasteiger partial charge >= 0.3 is 5.97 Å². The fourth-order valence-electron chi connectivity index (χ4n) is 2.09. The van der Waals surface area contributed by atoms with Crippen LogP contribution in [0.2, 0.25) is 0 Å². The van der Waals surface area contributed by atoms with Gasteiger partial charge in [-0.3, -0.25) is 0 Å². The van der Waals surface area contributed by atoms with Crippen molar-refractivity contribution in [2.45, 2.75) is 11.5 Å². The van der Waals surface area contributed by atoms with E-state index in [9.17, 15) is 13.2 Å². The van der Waals surface area contributed by atoms with Crippen LogP contribution in [0.15, 0.2) is 62.6 Å². The zero-order chi connectivity index (χ0) is 17.2. The summed E-state index contributed by atoms with van der Waals surface area (Å²) in [5.41, 5.74) is 0.362. The molecule has 0 unspecified atom stereocenters. The molecule has 0 atom stereocenters. The fourth-order valence-corrected chi connectivity index (χ4v) is 2.97.